The van der Waals surface area contributed by atoms with E-state index in [1.54, 1.807) is 18.5 Å². The Morgan fingerprint density at radius 1 is 1.44 bits per heavy atom. The number of hydrazine groups is 1. The number of benzene rings is 1. The molecule has 1 aliphatic rings. The van der Waals surface area contributed by atoms with Crippen LogP contribution in [0.1, 0.15) is 6.42 Å². The number of H-pyrrole nitrogens is 1. The van der Waals surface area contributed by atoms with Gasteiger partial charge in [-0.3, -0.25) is 15.0 Å². The molecule has 1 fully saturated rings. The summed E-state index contributed by atoms with van der Waals surface area (Å²) in [4.78, 5) is 29.9. The number of nitrogens with one attached hydrogen (secondary N) is 4. The number of hydrogen-bond acceptors (Lipinski definition) is 4. The number of rotatable bonds is 2. The van der Waals surface area contributed by atoms with E-state index in [-0.39, 0.29) is 18.2 Å². The number of amides is 2. The van der Waals surface area contributed by atoms with Crippen molar-refractivity contribution in [3.8, 4) is 0 Å². The third-order valence-electron chi connectivity index (χ3n) is 2.78. The van der Waals surface area contributed by atoms with E-state index in [9.17, 15) is 9.59 Å². The number of nitrogens with zero attached hydrogens (tertiary/aromatic N) is 1. The lowest BCUT2D eigenvalue weighted by Crippen LogP contribution is -2.39. The van der Waals surface area contributed by atoms with Gasteiger partial charge in [-0.05, 0) is 18.2 Å². The first-order chi connectivity index (χ1) is 8.72. The Labute approximate surface area is 102 Å². The minimum absolute atomic E-state index is 0.151. The van der Waals surface area contributed by atoms with Crippen LogP contribution >= 0.6 is 0 Å². The van der Waals surface area contributed by atoms with Crippen LogP contribution < -0.4 is 16.2 Å². The second-order valence-corrected chi connectivity index (χ2v) is 4.07. The smallest absolute Gasteiger partial charge is 0.243 e. The highest BCUT2D eigenvalue weighted by molar-refractivity contribution is 5.99. The first-order valence-electron chi connectivity index (χ1n) is 5.51. The third kappa shape index (κ3) is 1.91. The van der Waals surface area contributed by atoms with Gasteiger partial charge in [0.05, 0.1) is 23.8 Å². The number of aromatic amines is 1. The molecule has 4 N–H and O–H groups in total. The lowest BCUT2D eigenvalue weighted by Gasteiger charge is -2.09. The largest absolute Gasteiger partial charge is 0.345 e. The van der Waals surface area contributed by atoms with Gasteiger partial charge < -0.3 is 10.3 Å². The molecule has 18 heavy (non-hydrogen) atoms. The zero-order valence-electron chi connectivity index (χ0n) is 9.36. The molecule has 0 aliphatic carbocycles. The standard InChI is InChI=1S/C11H11N5O2/c17-10-4-9(15-16-10)11(18)14-6-1-2-7-8(3-6)13-5-12-7/h1-3,5,9,15H,4H2,(H,12,13)(H,14,18)(H,16,17). The molecule has 3 rings (SSSR count). The molecule has 1 aromatic heterocycles. The number of fused-ring (bicyclic) bond motifs is 1. The molecule has 1 aliphatic heterocycles. The van der Waals surface area contributed by atoms with Crippen molar-refractivity contribution in [3.63, 3.8) is 0 Å². The predicted octanol–water partition coefficient (Wildman–Crippen LogP) is -0.106. The van der Waals surface area contributed by atoms with Gasteiger partial charge in [0.2, 0.25) is 11.8 Å². The van der Waals surface area contributed by atoms with E-state index in [1.165, 1.54) is 0 Å². The SMILES string of the molecule is O=C1CC(C(=O)Nc2ccc3nc[nH]c3c2)NN1. The average Bonchev–Trinajstić information content (AvgIpc) is 2.96. The number of carbonyl (C=O) groups is 2. The number of aromatic nitrogens is 2. The molecule has 1 aromatic carbocycles. The Kier molecular flexibility index (Phi) is 2.45. The van der Waals surface area contributed by atoms with E-state index in [0.29, 0.717) is 5.69 Å². The van der Waals surface area contributed by atoms with Crippen molar-refractivity contribution in [2.75, 3.05) is 5.32 Å². The van der Waals surface area contributed by atoms with Gasteiger partial charge >= 0.3 is 0 Å². The normalized spacial score (nSPS) is 18.9. The van der Waals surface area contributed by atoms with Gasteiger partial charge in [0, 0.05) is 5.69 Å². The molecule has 1 saturated heterocycles. The highest BCUT2D eigenvalue weighted by Crippen LogP contribution is 2.16. The summed E-state index contributed by atoms with van der Waals surface area (Å²) in [7, 11) is 0. The third-order valence-corrected chi connectivity index (χ3v) is 2.78. The van der Waals surface area contributed by atoms with Gasteiger partial charge in [-0.15, -0.1) is 0 Å². The second kappa shape index (κ2) is 4.11. The summed E-state index contributed by atoms with van der Waals surface area (Å²) in [5, 5.41) is 2.74. The Morgan fingerprint density at radius 2 is 2.33 bits per heavy atom. The summed E-state index contributed by atoms with van der Waals surface area (Å²) < 4.78 is 0. The lowest BCUT2D eigenvalue weighted by atomic mass is 10.2. The lowest BCUT2D eigenvalue weighted by molar-refractivity contribution is -0.121. The zero-order chi connectivity index (χ0) is 12.5. The summed E-state index contributed by atoms with van der Waals surface area (Å²) in [6, 6.07) is 4.85. The van der Waals surface area contributed by atoms with Crippen LogP contribution in [0.25, 0.3) is 11.0 Å². The summed E-state index contributed by atoms with van der Waals surface area (Å²) >= 11 is 0. The molecular weight excluding hydrogens is 234 g/mol. The van der Waals surface area contributed by atoms with Crippen molar-refractivity contribution in [2.45, 2.75) is 12.5 Å². The van der Waals surface area contributed by atoms with Crippen LogP contribution in [0.2, 0.25) is 0 Å². The number of imidazole rings is 1. The van der Waals surface area contributed by atoms with E-state index < -0.39 is 6.04 Å². The van der Waals surface area contributed by atoms with Crippen LogP contribution in [-0.4, -0.2) is 27.8 Å². The van der Waals surface area contributed by atoms with Gasteiger partial charge in [0.25, 0.3) is 0 Å². The fraction of sp³-hybridized carbons (Fsp3) is 0.182. The molecule has 2 amide bonds. The predicted molar refractivity (Wildman–Crippen MR) is 64.4 cm³/mol. The molecule has 0 radical (unpaired) electrons. The Hall–Kier alpha value is -2.41. The summed E-state index contributed by atoms with van der Waals surface area (Å²) in [5.74, 6) is -0.425. The maximum atomic E-state index is 11.8. The fourth-order valence-electron chi connectivity index (χ4n) is 1.86. The van der Waals surface area contributed by atoms with Crippen LogP contribution in [0.4, 0.5) is 5.69 Å². The minimum Gasteiger partial charge on any atom is -0.345 e. The van der Waals surface area contributed by atoms with Gasteiger partial charge in [-0.1, -0.05) is 0 Å². The monoisotopic (exact) mass is 245 g/mol. The highest BCUT2D eigenvalue weighted by atomic mass is 16.2. The van der Waals surface area contributed by atoms with Crippen molar-refractivity contribution in [3.05, 3.63) is 24.5 Å². The molecule has 0 bridgehead atoms. The molecule has 0 saturated carbocycles. The van der Waals surface area contributed by atoms with Crippen LogP contribution in [0.15, 0.2) is 24.5 Å². The van der Waals surface area contributed by atoms with E-state index in [2.05, 4.69) is 26.1 Å². The van der Waals surface area contributed by atoms with Crippen LogP contribution in [-0.2, 0) is 9.59 Å². The average molecular weight is 245 g/mol. The van der Waals surface area contributed by atoms with Crippen molar-refractivity contribution >= 4 is 28.5 Å². The molecule has 92 valence electrons. The Bertz CT molecular complexity index is 621. The van der Waals surface area contributed by atoms with Gasteiger partial charge in [0.15, 0.2) is 0 Å². The molecule has 2 aromatic rings. The van der Waals surface area contributed by atoms with Crippen LogP contribution in [0.3, 0.4) is 0 Å². The number of carbonyl (C=O) groups excluding carboxylic acids is 2. The van der Waals surface area contributed by atoms with Crippen molar-refractivity contribution in [1.82, 2.24) is 20.8 Å². The van der Waals surface area contributed by atoms with E-state index in [1.807, 2.05) is 6.07 Å². The first kappa shape index (κ1) is 10.7. The first-order valence-corrected chi connectivity index (χ1v) is 5.51. The Morgan fingerprint density at radius 3 is 3.11 bits per heavy atom. The van der Waals surface area contributed by atoms with Gasteiger partial charge in [0.1, 0.15) is 6.04 Å². The van der Waals surface area contributed by atoms with Crippen LogP contribution in [0.5, 0.6) is 0 Å². The molecule has 7 nitrogen and oxygen atoms in total. The zero-order valence-corrected chi connectivity index (χ0v) is 9.36. The van der Waals surface area contributed by atoms with E-state index in [0.717, 1.165) is 11.0 Å². The van der Waals surface area contributed by atoms with Crippen molar-refractivity contribution in [1.29, 1.82) is 0 Å². The quantitative estimate of drug-likeness (QED) is 0.593. The summed E-state index contributed by atoms with van der Waals surface area (Å²) in [6.45, 7) is 0. The molecule has 1 unspecified atom stereocenters. The van der Waals surface area contributed by atoms with Crippen molar-refractivity contribution < 1.29 is 9.59 Å². The topological polar surface area (TPSA) is 98.9 Å². The van der Waals surface area contributed by atoms with E-state index >= 15 is 0 Å². The maximum absolute atomic E-state index is 11.8. The summed E-state index contributed by atoms with van der Waals surface area (Å²) in [6.07, 6.45) is 1.75. The fourth-order valence-corrected chi connectivity index (χ4v) is 1.86. The van der Waals surface area contributed by atoms with Crippen LogP contribution in [0, 0.1) is 0 Å². The maximum Gasteiger partial charge on any atom is 0.243 e. The van der Waals surface area contributed by atoms with Gasteiger partial charge in [-0.2, -0.15) is 0 Å². The molecular formula is C11H11N5O2. The molecule has 0 spiro atoms. The number of anilines is 1. The van der Waals surface area contributed by atoms with Crippen molar-refractivity contribution in [2.24, 2.45) is 0 Å². The minimum atomic E-state index is -0.532. The molecule has 7 heteroatoms. The molecule has 1 atom stereocenters. The summed E-state index contributed by atoms with van der Waals surface area (Å²) in [5.41, 5.74) is 7.37. The second-order valence-electron chi connectivity index (χ2n) is 4.07. The van der Waals surface area contributed by atoms with Gasteiger partial charge in [-0.25, -0.2) is 10.4 Å². The molecule has 2 heterocycles. The highest BCUT2D eigenvalue weighted by Gasteiger charge is 2.27. The van der Waals surface area contributed by atoms with E-state index in [4.69, 9.17) is 0 Å². The number of hydrogen-bond donors (Lipinski definition) is 4. The Balaban J connectivity index is 1.75.